The summed E-state index contributed by atoms with van der Waals surface area (Å²) in [6.07, 6.45) is 4.46. The van der Waals surface area contributed by atoms with E-state index in [1.54, 1.807) is 18.2 Å². The third kappa shape index (κ3) is 6.94. The minimum atomic E-state index is -0.684. The zero-order valence-corrected chi connectivity index (χ0v) is 26.2. The molecule has 0 spiro atoms. The van der Waals surface area contributed by atoms with Gasteiger partial charge in [0.2, 0.25) is 0 Å². The summed E-state index contributed by atoms with van der Waals surface area (Å²) in [4.78, 5) is 26.0. The highest BCUT2D eigenvalue weighted by atomic mass is 16.5. The number of nitrogens with one attached hydrogen (secondary N) is 1. The first-order valence-electron chi connectivity index (χ1n) is 15.7. The van der Waals surface area contributed by atoms with E-state index in [4.69, 9.17) is 9.47 Å². The summed E-state index contributed by atoms with van der Waals surface area (Å²) < 4.78 is 11.3. The van der Waals surface area contributed by atoms with E-state index in [0.717, 1.165) is 24.2 Å². The Labute approximate surface area is 270 Å². The van der Waals surface area contributed by atoms with E-state index in [-0.39, 0.29) is 5.78 Å². The normalized spacial score (nSPS) is 12.5. The number of ether oxygens (including phenoxy) is 2. The highest BCUT2D eigenvalue weighted by molar-refractivity contribution is 6.12. The van der Waals surface area contributed by atoms with Crippen LogP contribution in [-0.4, -0.2) is 31.5 Å². The van der Waals surface area contributed by atoms with Crippen LogP contribution in [0, 0.1) is 0 Å². The maximum atomic E-state index is 13.2. The Morgan fingerprint density at radius 3 is 2.30 bits per heavy atom. The molecule has 230 valence electrons. The lowest BCUT2D eigenvalue weighted by molar-refractivity contribution is -0.141. The van der Waals surface area contributed by atoms with E-state index in [1.807, 2.05) is 60.7 Å². The van der Waals surface area contributed by atoms with Crippen LogP contribution < -0.4 is 10.1 Å². The molecule has 0 saturated carbocycles. The van der Waals surface area contributed by atoms with Crippen LogP contribution in [0.4, 0.5) is 5.69 Å². The van der Waals surface area contributed by atoms with Crippen LogP contribution in [0.5, 0.6) is 5.75 Å². The smallest absolute Gasteiger partial charge is 0.328 e. The van der Waals surface area contributed by atoms with Crippen molar-refractivity contribution in [2.24, 2.45) is 0 Å². The summed E-state index contributed by atoms with van der Waals surface area (Å²) in [5.41, 5.74) is 10.4. The summed E-state index contributed by atoms with van der Waals surface area (Å²) in [7, 11) is 1.37. The average molecular weight is 608 g/mol. The van der Waals surface area contributed by atoms with Gasteiger partial charge in [-0.1, -0.05) is 110 Å². The van der Waals surface area contributed by atoms with Crippen molar-refractivity contribution >= 4 is 23.5 Å². The largest absolute Gasteiger partial charge is 0.489 e. The molecule has 5 heteroatoms. The number of carbonyl (C=O) groups is 2. The Balaban J connectivity index is 1.10. The summed E-state index contributed by atoms with van der Waals surface area (Å²) in [6, 6.07) is 38.8. The fourth-order valence-electron chi connectivity index (χ4n) is 5.95. The molecular weight excluding hydrogens is 570 g/mol. The van der Waals surface area contributed by atoms with Gasteiger partial charge in [-0.3, -0.25) is 4.79 Å². The second-order valence-electron chi connectivity index (χ2n) is 11.5. The van der Waals surface area contributed by atoms with Crippen molar-refractivity contribution in [3.63, 3.8) is 0 Å². The Morgan fingerprint density at radius 1 is 0.804 bits per heavy atom. The van der Waals surface area contributed by atoms with Crippen molar-refractivity contribution in [3.8, 4) is 16.9 Å². The first kappa shape index (κ1) is 30.6. The Hall–Kier alpha value is -5.42. The third-order valence-corrected chi connectivity index (χ3v) is 8.45. The van der Waals surface area contributed by atoms with Crippen LogP contribution >= 0.6 is 0 Å². The molecule has 5 aromatic carbocycles. The lowest BCUT2D eigenvalue weighted by Gasteiger charge is -2.20. The highest BCUT2D eigenvalue weighted by Gasteiger charge is 2.23. The molecule has 5 nitrogen and oxygen atoms in total. The fourth-order valence-corrected chi connectivity index (χ4v) is 5.95. The van der Waals surface area contributed by atoms with Crippen molar-refractivity contribution in [1.82, 2.24) is 0 Å². The number of para-hydroxylation sites is 1. The zero-order valence-electron chi connectivity index (χ0n) is 26.2. The van der Waals surface area contributed by atoms with Crippen LogP contribution in [0.25, 0.3) is 17.2 Å². The molecule has 1 aliphatic rings. The Kier molecular flexibility index (Phi) is 9.40. The van der Waals surface area contributed by atoms with Crippen molar-refractivity contribution in [1.29, 1.82) is 0 Å². The minimum Gasteiger partial charge on any atom is -0.489 e. The van der Waals surface area contributed by atoms with Crippen LogP contribution in [0.2, 0.25) is 0 Å². The molecule has 46 heavy (non-hydrogen) atoms. The van der Waals surface area contributed by atoms with Gasteiger partial charge in [-0.05, 0) is 76.1 Å². The molecule has 0 aromatic heterocycles. The molecule has 6 rings (SSSR count). The van der Waals surface area contributed by atoms with E-state index in [9.17, 15) is 9.59 Å². The number of rotatable bonds is 12. The topological polar surface area (TPSA) is 64.6 Å². The van der Waals surface area contributed by atoms with E-state index in [1.165, 1.54) is 40.5 Å². The van der Waals surface area contributed by atoms with Gasteiger partial charge in [-0.25, -0.2) is 4.79 Å². The number of benzene rings is 5. The molecule has 1 atom stereocenters. The van der Waals surface area contributed by atoms with Crippen LogP contribution in [0.3, 0.4) is 0 Å². The van der Waals surface area contributed by atoms with E-state index >= 15 is 0 Å². The predicted molar refractivity (Wildman–Crippen MR) is 184 cm³/mol. The van der Waals surface area contributed by atoms with Crippen molar-refractivity contribution in [2.45, 2.75) is 32.2 Å². The molecule has 0 saturated heterocycles. The molecule has 0 bridgehead atoms. The molecule has 0 fully saturated rings. The molecule has 0 heterocycles. The molecule has 0 amide bonds. The van der Waals surface area contributed by atoms with Gasteiger partial charge in [-0.2, -0.15) is 0 Å². The van der Waals surface area contributed by atoms with Gasteiger partial charge in [0.1, 0.15) is 18.4 Å². The standard InChI is InChI=1S/C41H37NO4/c1-3-28(23-30-19-22-36-33(24-30)26-32-13-7-8-14-35(32)36)27-46-34-20-17-29(18-21-34)25-39(41(44)45-2)42-38-16-10-9-15-37(38)40(43)31-11-5-4-6-12-31/h4-24,39,42H,3,25-27H2,1-2H3/t39-/m0/s1. The number of hydrogen-bond acceptors (Lipinski definition) is 5. The number of fused-ring (bicyclic) bond motifs is 3. The average Bonchev–Trinajstić information content (AvgIpc) is 3.48. The molecule has 5 aromatic rings. The van der Waals surface area contributed by atoms with Crippen LogP contribution in [0.1, 0.15) is 51.5 Å². The molecule has 1 N–H and O–H groups in total. The number of ketones is 1. The summed E-state index contributed by atoms with van der Waals surface area (Å²) >= 11 is 0. The fraction of sp³-hybridized carbons (Fsp3) is 0.171. The lowest BCUT2D eigenvalue weighted by atomic mass is 10.00. The highest BCUT2D eigenvalue weighted by Crippen LogP contribution is 2.37. The zero-order chi connectivity index (χ0) is 31.9. The van der Waals surface area contributed by atoms with Crippen molar-refractivity contribution in [2.75, 3.05) is 19.0 Å². The monoisotopic (exact) mass is 607 g/mol. The summed E-state index contributed by atoms with van der Waals surface area (Å²) in [6.45, 7) is 2.64. The van der Waals surface area contributed by atoms with Gasteiger partial charge < -0.3 is 14.8 Å². The van der Waals surface area contributed by atoms with Gasteiger partial charge in [0.15, 0.2) is 5.78 Å². The maximum Gasteiger partial charge on any atom is 0.328 e. The first-order chi connectivity index (χ1) is 22.5. The van der Waals surface area contributed by atoms with Gasteiger partial charge in [0.25, 0.3) is 0 Å². The van der Waals surface area contributed by atoms with E-state index in [0.29, 0.717) is 29.8 Å². The predicted octanol–water partition coefficient (Wildman–Crippen LogP) is 8.56. The van der Waals surface area contributed by atoms with E-state index < -0.39 is 12.0 Å². The summed E-state index contributed by atoms with van der Waals surface area (Å²) in [5, 5.41) is 3.27. The first-order valence-corrected chi connectivity index (χ1v) is 15.7. The summed E-state index contributed by atoms with van der Waals surface area (Å²) in [5.74, 6) is 0.236. The number of carbonyl (C=O) groups excluding carboxylic acids is 2. The minimum absolute atomic E-state index is 0.115. The molecule has 0 unspecified atom stereocenters. The van der Waals surface area contributed by atoms with Crippen molar-refractivity contribution in [3.05, 3.63) is 160 Å². The van der Waals surface area contributed by atoms with E-state index in [2.05, 4.69) is 60.8 Å². The number of esters is 1. The SMILES string of the molecule is CCC(=Cc1ccc2c(c1)Cc1ccccc1-2)COc1ccc(C[C@H](Nc2ccccc2C(=O)c2ccccc2)C(=O)OC)cc1. The Bertz CT molecular complexity index is 1880. The van der Waals surface area contributed by atoms with Crippen LogP contribution in [0.15, 0.2) is 127 Å². The second-order valence-corrected chi connectivity index (χ2v) is 11.5. The molecule has 0 radical (unpaired) electrons. The van der Waals surface area contributed by atoms with Gasteiger partial charge in [-0.15, -0.1) is 0 Å². The van der Waals surface area contributed by atoms with Gasteiger partial charge in [0, 0.05) is 23.2 Å². The number of hydrogen-bond donors (Lipinski definition) is 1. The van der Waals surface area contributed by atoms with Crippen LogP contribution in [-0.2, 0) is 22.4 Å². The quantitative estimate of drug-likeness (QED) is 0.112. The lowest BCUT2D eigenvalue weighted by Crippen LogP contribution is -2.33. The number of methoxy groups -OCH3 is 1. The Morgan fingerprint density at radius 2 is 1.52 bits per heavy atom. The maximum absolute atomic E-state index is 13.2. The molecule has 0 aliphatic heterocycles. The second kappa shape index (κ2) is 14.1. The third-order valence-electron chi connectivity index (χ3n) is 8.45. The van der Waals surface area contributed by atoms with Crippen molar-refractivity contribution < 1.29 is 19.1 Å². The van der Waals surface area contributed by atoms with Gasteiger partial charge in [0.05, 0.1) is 7.11 Å². The van der Waals surface area contributed by atoms with Gasteiger partial charge >= 0.3 is 5.97 Å². The molecular formula is C41H37NO4. The molecule has 1 aliphatic carbocycles. The number of anilines is 1.